The normalized spacial score (nSPS) is 11.7. The van der Waals surface area contributed by atoms with Crippen molar-refractivity contribution in [3.63, 3.8) is 0 Å². The summed E-state index contributed by atoms with van der Waals surface area (Å²) in [7, 11) is 0. The first kappa shape index (κ1) is 17.2. The number of halogens is 3. The summed E-state index contributed by atoms with van der Waals surface area (Å²) in [5.74, 6) is 0. The minimum atomic E-state index is -4.50. The maximum atomic E-state index is 13.2. The average molecular weight is 345 g/mol. The molecule has 0 saturated heterocycles. The van der Waals surface area contributed by atoms with Gasteiger partial charge in [-0.1, -0.05) is 42.0 Å². The van der Waals surface area contributed by atoms with Crippen molar-refractivity contribution < 1.29 is 13.2 Å². The number of aromatic nitrogens is 2. The summed E-state index contributed by atoms with van der Waals surface area (Å²) in [4.78, 5) is 0. The molecule has 1 aromatic heterocycles. The van der Waals surface area contributed by atoms with E-state index in [1.54, 1.807) is 24.3 Å². The second kappa shape index (κ2) is 6.72. The Hall–Kier alpha value is -2.60. The van der Waals surface area contributed by atoms with E-state index in [1.165, 1.54) is 4.68 Å². The van der Waals surface area contributed by atoms with Gasteiger partial charge in [-0.25, -0.2) is 4.68 Å². The molecule has 0 aliphatic rings. The van der Waals surface area contributed by atoms with Crippen LogP contribution < -0.4 is 5.73 Å². The molecule has 0 radical (unpaired) electrons. The molecule has 0 aliphatic heterocycles. The van der Waals surface area contributed by atoms with Crippen molar-refractivity contribution in [3.05, 3.63) is 71.4 Å². The molecule has 0 spiro atoms. The fourth-order valence-corrected chi connectivity index (χ4v) is 2.62. The lowest BCUT2D eigenvalue weighted by molar-refractivity contribution is -0.141. The summed E-state index contributed by atoms with van der Waals surface area (Å²) in [5.41, 5.74) is 8.35. The van der Waals surface area contributed by atoms with Gasteiger partial charge >= 0.3 is 6.18 Å². The summed E-state index contributed by atoms with van der Waals surface area (Å²) in [6.45, 7) is 2.45. The van der Waals surface area contributed by atoms with E-state index in [0.29, 0.717) is 23.5 Å². The Morgan fingerprint density at radius 1 is 1.00 bits per heavy atom. The van der Waals surface area contributed by atoms with E-state index in [-0.39, 0.29) is 0 Å². The van der Waals surface area contributed by atoms with E-state index in [9.17, 15) is 13.2 Å². The van der Waals surface area contributed by atoms with Crippen LogP contribution in [0.5, 0.6) is 0 Å². The molecule has 25 heavy (non-hydrogen) atoms. The molecule has 0 unspecified atom stereocenters. The van der Waals surface area contributed by atoms with Gasteiger partial charge in [-0.05, 0) is 43.7 Å². The van der Waals surface area contributed by atoms with Crippen molar-refractivity contribution >= 4 is 0 Å². The van der Waals surface area contributed by atoms with Crippen LogP contribution in [-0.2, 0) is 12.6 Å². The maximum Gasteiger partial charge on any atom is 0.435 e. The third kappa shape index (κ3) is 3.74. The highest BCUT2D eigenvalue weighted by atomic mass is 19.4. The first-order chi connectivity index (χ1) is 11.9. The largest absolute Gasteiger partial charge is 0.435 e. The Morgan fingerprint density at radius 3 is 2.20 bits per heavy atom. The number of alkyl halides is 3. The standard InChI is InChI=1S/C19H18F3N3/c1-13-2-8-16(9-3-13)25-17(12-18(24-25)19(20,21)22)15-6-4-14(5-7-15)10-11-23/h2-9,12H,10-11,23H2,1H3. The topological polar surface area (TPSA) is 43.8 Å². The van der Waals surface area contributed by atoms with E-state index in [4.69, 9.17) is 5.73 Å². The molecular weight excluding hydrogens is 327 g/mol. The van der Waals surface area contributed by atoms with Gasteiger partial charge in [-0.15, -0.1) is 0 Å². The maximum absolute atomic E-state index is 13.2. The second-order valence-corrected chi connectivity index (χ2v) is 5.90. The number of aryl methyl sites for hydroxylation is 1. The zero-order valence-corrected chi connectivity index (χ0v) is 13.7. The summed E-state index contributed by atoms with van der Waals surface area (Å²) >= 11 is 0. The van der Waals surface area contributed by atoms with Gasteiger partial charge in [0.15, 0.2) is 5.69 Å². The van der Waals surface area contributed by atoms with Crippen LogP contribution in [0.25, 0.3) is 16.9 Å². The smallest absolute Gasteiger partial charge is 0.330 e. The number of benzene rings is 2. The van der Waals surface area contributed by atoms with Gasteiger partial charge in [-0.3, -0.25) is 0 Å². The Balaban J connectivity index is 2.10. The van der Waals surface area contributed by atoms with Crippen LogP contribution in [0.1, 0.15) is 16.8 Å². The molecule has 0 saturated carbocycles. The average Bonchev–Trinajstić information content (AvgIpc) is 3.02. The Bertz CT molecular complexity index is 847. The molecule has 0 fully saturated rings. The van der Waals surface area contributed by atoms with Crippen molar-refractivity contribution in [1.82, 2.24) is 9.78 Å². The van der Waals surface area contributed by atoms with Crippen LogP contribution in [0.15, 0.2) is 54.6 Å². The molecule has 3 aromatic rings. The molecule has 3 nitrogen and oxygen atoms in total. The van der Waals surface area contributed by atoms with Gasteiger partial charge in [0.1, 0.15) is 0 Å². The second-order valence-electron chi connectivity index (χ2n) is 5.90. The SMILES string of the molecule is Cc1ccc(-n2nc(C(F)(F)F)cc2-c2ccc(CCN)cc2)cc1. The van der Waals surface area contributed by atoms with Crippen LogP contribution in [0, 0.1) is 6.92 Å². The van der Waals surface area contributed by atoms with E-state index < -0.39 is 11.9 Å². The third-order valence-electron chi connectivity index (χ3n) is 3.96. The molecule has 2 N–H and O–H groups in total. The van der Waals surface area contributed by atoms with Gasteiger partial charge in [0, 0.05) is 5.56 Å². The summed E-state index contributed by atoms with van der Waals surface area (Å²) in [6.07, 6.45) is -3.77. The lowest BCUT2D eigenvalue weighted by atomic mass is 10.1. The van der Waals surface area contributed by atoms with Gasteiger partial charge in [-0.2, -0.15) is 18.3 Å². The van der Waals surface area contributed by atoms with Crippen LogP contribution >= 0.6 is 0 Å². The fourth-order valence-electron chi connectivity index (χ4n) is 2.62. The molecule has 0 amide bonds. The Labute approximate surface area is 143 Å². The van der Waals surface area contributed by atoms with Crippen LogP contribution in [0.4, 0.5) is 13.2 Å². The highest BCUT2D eigenvalue weighted by Crippen LogP contribution is 2.33. The fraction of sp³-hybridized carbons (Fsp3) is 0.211. The molecule has 0 atom stereocenters. The Morgan fingerprint density at radius 2 is 1.64 bits per heavy atom. The summed E-state index contributed by atoms with van der Waals surface area (Å²) in [6, 6.07) is 15.6. The third-order valence-corrected chi connectivity index (χ3v) is 3.96. The van der Waals surface area contributed by atoms with E-state index in [0.717, 1.165) is 23.6 Å². The lowest BCUT2D eigenvalue weighted by Crippen LogP contribution is -2.07. The van der Waals surface area contributed by atoms with E-state index in [2.05, 4.69) is 5.10 Å². The molecule has 130 valence electrons. The van der Waals surface area contributed by atoms with Crippen molar-refractivity contribution in [2.45, 2.75) is 19.5 Å². The summed E-state index contributed by atoms with van der Waals surface area (Å²) < 4.78 is 40.8. The predicted octanol–water partition coefficient (Wildman–Crippen LogP) is 4.37. The van der Waals surface area contributed by atoms with Crippen LogP contribution in [0.3, 0.4) is 0 Å². The molecular formula is C19H18F3N3. The zero-order chi connectivity index (χ0) is 18.0. The van der Waals surface area contributed by atoms with Crippen LogP contribution in [-0.4, -0.2) is 16.3 Å². The van der Waals surface area contributed by atoms with Crippen molar-refractivity contribution in [2.75, 3.05) is 6.54 Å². The number of rotatable bonds is 4. The molecule has 0 aliphatic carbocycles. The molecule has 6 heteroatoms. The first-order valence-electron chi connectivity index (χ1n) is 7.92. The van der Waals surface area contributed by atoms with Gasteiger partial charge in [0.25, 0.3) is 0 Å². The van der Waals surface area contributed by atoms with Crippen molar-refractivity contribution in [2.24, 2.45) is 5.73 Å². The Kier molecular flexibility index (Phi) is 4.63. The minimum absolute atomic E-state index is 0.399. The van der Waals surface area contributed by atoms with E-state index in [1.807, 2.05) is 31.2 Å². The van der Waals surface area contributed by atoms with Gasteiger partial charge in [0.05, 0.1) is 11.4 Å². The number of hydrogen-bond donors (Lipinski definition) is 1. The molecule has 1 heterocycles. The lowest BCUT2D eigenvalue weighted by Gasteiger charge is -2.09. The van der Waals surface area contributed by atoms with Crippen molar-refractivity contribution in [1.29, 1.82) is 0 Å². The number of hydrogen-bond acceptors (Lipinski definition) is 2. The summed E-state index contributed by atoms with van der Waals surface area (Å²) in [5, 5.41) is 3.79. The van der Waals surface area contributed by atoms with Crippen LogP contribution in [0.2, 0.25) is 0 Å². The highest BCUT2D eigenvalue weighted by molar-refractivity contribution is 5.63. The molecule has 3 rings (SSSR count). The van der Waals surface area contributed by atoms with E-state index >= 15 is 0 Å². The number of nitrogens with two attached hydrogens (primary N) is 1. The number of nitrogens with zero attached hydrogens (tertiary/aromatic N) is 2. The highest BCUT2D eigenvalue weighted by Gasteiger charge is 2.35. The quantitative estimate of drug-likeness (QED) is 0.763. The monoisotopic (exact) mass is 345 g/mol. The van der Waals surface area contributed by atoms with Gasteiger partial charge < -0.3 is 5.73 Å². The first-order valence-corrected chi connectivity index (χ1v) is 7.92. The van der Waals surface area contributed by atoms with Crippen molar-refractivity contribution in [3.8, 4) is 16.9 Å². The molecule has 2 aromatic carbocycles. The minimum Gasteiger partial charge on any atom is -0.330 e. The predicted molar refractivity (Wildman–Crippen MR) is 91.5 cm³/mol. The van der Waals surface area contributed by atoms with Gasteiger partial charge in [0.2, 0.25) is 0 Å². The zero-order valence-electron chi connectivity index (χ0n) is 13.7. The molecule has 0 bridgehead atoms.